The summed E-state index contributed by atoms with van der Waals surface area (Å²) in [5.74, 6) is 0.701. The molecule has 4 aromatic carbocycles. The topological polar surface area (TPSA) is 0 Å². The Kier molecular flexibility index (Phi) is 3.86. The average Bonchev–Trinajstić information content (AvgIpc) is 3.08. The van der Waals surface area contributed by atoms with Gasteiger partial charge in [-0.25, -0.2) is 0 Å². The van der Waals surface area contributed by atoms with Crippen molar-refractivity contribution in [2.75, 3.05) is 0 Å². The van der Waals surface area contributed by atoms with Crippen molar-refractivity contribution >= 4 is 27.6 Å². The molecule has 0 spiro atoms. The van der Waals surface area contributed by atoms with Crippen molar-refractivity contribution in [3.63, 3.8) is 0 Å². The van der Waals surface area contributed by atoms with Gasteiger partial charge in [-0.1, -0.05) is 92.2 Å². The number of rotatable bonds is 3. The van der Waals surface area contributed by atoms with Crippen LogP contribution in [0.25, 0.3) is 38.7 Å². The molecular formula is C27H24. The van der Waals surface area contributed by atoms with Crippen molar-refractivity contribution in [1.82, 2.24) is 0 Å². The summed E-state index contributed by atoms with van der Waals surface area (Å²) >= 11 is 0. The van der Waals surface area contributed by atoms with Crippen LogP contribution in [-0.2, 0) is 6.42 Å². The monoisotopic (exact) mass is 348 g/mol. The molecule has 5 rings (SSSR count). The maximum Gasteiger partial charge on any atom is -0.00207 e. The Morgan fingerprint density at radius 2 is 1.44 bits per heavy atom. The number of fused-ring (bicyclic) bond motifs is 3. The van der Waals surface area contributed by atoms with Gasteiger partial charge in [0.05, 0.1) is 0 Å². The summed E-state index contributed by atoms with van der Waals surface area (Å²) in [4.78, 5) is 0. The van der Waals surface area contributed by atoms with E-state index in [0.717, 1.165) is 6.42 Å². The van der Waals surface area contributed by atoms with Crippen molar-refractivity contribution < 1.29 is 0 Å². The number of allylic oxidation sites excluding steroid dienone is 1. The van der Waals surface area contributed by atoms with E-state index >= 15 is 0 Å². The van der Waals surface area contributed by atoms with E-state index in [4.69, 9.17) is 0 Å². The highest BCUT2D eigenvalue weighted by molar-refractivity contribution is 6.13. The fraction of sp³-hybridized carbons (Fsp3) is 0.185. The number of benzene rings is 4. The molecule has 0 heterocycles. The summed E-state index contributed by atoms with van der Waals surface area (Å²) in [5, 5.41) is 5.31. The molecule has 1 aliphatic carbocycles. The van der Waals surface area contributed by atoms with Crippen molar-refractivity contribution in [3.05, 3.63) is 89.5 Å². The molecule has 0 aliphatic heterocycles. The lowest BCUT2D eigenvalue weighted by molar-refractivity contribution is 0.638. The predicted molar refractivity (Wildman–Crippen MR) is 118 cm³/mol. The van der Waals surface area contributed by atoms with Gasteiger partial charge in [-0.05, 0) is 68.6 Å². The maximum absolute atomic E-state index is 2.46. The Balaban J connectivity index is 1.83. The first kappa shape index (κ1) is 16.3. The van der Waals surface area contributed by atoms with Gasteiger partial charge in [-0.2, -0.15) is 0 Å². The van der Waals surface area contributed by atoms with Crippen LogP contribution in [-0.4, -0.2) is 0 Å². The van der Waals surface area contributed by atoms with Gasteiger partial charge >= 0.3 is 0 Å². The first-order valence-corrected chi connectivity index (χ1v) is 9.93. The Morgan fingerprint density at radius 3 is 2.11 bits per heavy atom. The number of hydrogen-bond acceptors (Lipinski definition) is 0. The van der Waals surface area contributed by atoms with Crippen LogP contribution in [0.5, 0.6) is 0 Å². The lowest BCUT2D eigenvalue weighted by Gasteiger charge is -2.15. The van der Waals surface area contributed by atoms with E-state index in [1.54, 1.807) is 5.57 Å². The van der Waals surface area contributed by atoms with Crippen LogP contribution in [0.1, 0.15) is 31.4 Å². The van der Waals surface area contributed by atoms with Crippen LogP contribution < -0.4 is 0 Å². The molecule has 4 aromatic rings. The van der Waals surface area contributed by atoms with Crippen molar-refractivity contribution in [2.45, 2.75) is 26.7 Å². The molecule has 1 aliphatic rings. The lowest BCUT2D eigenvalue weighted by atomic mass is 9.89. The lowest BCUT2D eigenvalue weighted by Crippen LogP contribution is -1.92. The van der Waals surface area contributed by atoms with Gasteiger partial charge in [-0.3, -0.25) is 0 Å². The Bertz CT molecular complexity index is 1140. The molecular weight excluding hydrogens is 324 g/mol. The smallest absolute Gasteiger partial charge is 0.00207 e. The summed E-state index contributed by atoms with van der Waals surface area (Å²) in [7, 11) is 0. The zero-order valence-corrected chi connectivity index (χ0v) is 16.0. The van der Waals surface area contributed by atoms with Crippen LogP contribution >= 0.6 is 0 Å². The average molecular weight is 348 g/mol. The summed E-state index contributed by atoms with van der Waals surface area (Å²) in [5.41, 5.74) is 7.22. The predicted octanol–water partition coefficient (Wildman–Crippen LogP) is 7.65. The van der Waals surface area contributed by atoms with Gasteiger partial charge in [0.2, 0.25) is 0 Å². The molecule has 0 unspecified atom stereocenters. The van der Waals surface area contributed by atoms with E-state index in [2.05, 4.69) is 92.7 Å². The van der Waals surface area contributed by atoms with Crippen LogP contribution in [0.15, 0.2) is 78.4 Å². The van der Waals surface area contributed by atoms with Crippen LogP contribution in [0, 0.1) is 5.92 Å². The first-order valence-electron chi connectivity index (χ1n) is 9.93. The van der Waals surface area contributed by atoms with Crippen LogP contribution in [0.3, 0.4) is 0 Å². The molecule has 27 heavy (non-hydrogen) atoms. The minimum absolute atomic E-state index is 0.701. The van der Waals surface area contributed by atoms with E-state index in [9.17, 15) is 0 Å². The SMILES string of the molecule is CC(C)CC1=Cc2c(cccc2-c2c3ccccc3cc3ccccc23)C1. The summed E-state index contributed by atoms with van der Waals surface area (Å²) < 4.78 is 0. The largest absolute Gasteiger partial charge is 0.0649 e. The Hall–Kier alpha value is -2.86. The third-order valence-corrected chi connectivity index (χ3v) is 5.67. The van der Waals surface area contributed by atoms with Gasteiger partial charge in [0.1, 0.15) is 0 Å². The third-order valence-electron chi connectivity index (χ3n) is 5.67. The first-order chi connectivity index (χ1) is 13.2. The Labute approximate surface area is 161 Å². The second-order valence-corrected chi connectivity index (χ2v) is 8.15. The van der Waals surface area contributed by atoms with Gasteiger partial charge in [0.15, 0.2) is 0 Å². The van der Waals surface area contributed by atoms with E-state index < -0.39 is 0 Å². The minimum atomic E-state index is 0.701. The quantitative estimate of drug-likeness (QED) is 0.334. The second kappa shape index (κ2) is 6.39. The van der Waals surface area contributed by atoms with Gasteiger partial charge in [0, 0.05) is 0 Å². The van der Waals surface area contributed by atoms with E-state index in [0.29, 0.717) is 5.92 Å². The maximum atomic E-state index is 2.46. The molecule has 0 radical (unpaired) electrons. The molecule has 0 amide bonds. The minimum Gasteiger partial charge on any atom is -0.0649 e. The standard InChI is InChI=1S/C27H24/c1-18(2)14-19-15-20-10-7-13-25(26(20)16-19)27-23-11-5-3-8-21(23)17-22-9-4-6-12-24(22)27/h3-13,16-18H,14-15H2,1-2H3. The molecule has 0 saturated heterocycles. The molecule has 132 valence electrons. The zero-order chi connectivity index (χ0) is 18.4. The van der Waals surface area contributed by atoms with E-state index in [1.165, 1.54) is 50.2 Å². The highest BCUT2D eigenvalue weighted by Gasteiger charge is 2.19. The van der Waals surface area contributed by atoms with Gasteiger partial charge in [-0.15, -0.1) is 0 Å². The summed E-state index contributed by atoms with van der Waals surface area (Å²) in [6, 6.07) is 26.7. The molecule has 0 aromatic heterocycles. The molecule has 0 atom stereocenters. The van der Waals surface area contributed by atoms with Crippen molar-refractivity contribution in [3.8, 4) is 11.1 Å². The van der Waals surface area contributed by atoms with Crippen LogP contribution in [0.4, 0.5) is 0 Å². The normalized spacial score (nSPS) is 13.4. The fourth-order valence-corrected chi connectivity index (χ4v) is 4.61. The molecule has 0 saturated carbocycles. The molecule has 0 fully saturated rings. The molecule has 0 nitrogen and oxygen atoms in total. The van der Waals surface area contributed by atoms with Gasteiger partial charge in [0.25, 0.3) is 0 Å². The number of hydrogen-bond donors (Lipinski definition) is 0. The third kappa shape index (κ3) is 2.77. The van der Waals surface area contributed by atoms with Crippen molar-refractivity contribution in [1.29, 1.82) is 0 Å². The summed E-state index contributed by atoms with van der Waals surface area (Å²) in [6.07, 6.45) is 4.75. The highest BCUT2D eigenvalue weighted by Crippen LogP contribution is 2.42. The Morgan fingerprint density at radius 1 is 0.778 bits per heavy atom. The summed E-state index contributed by atoms with van der Waals surface area (Å²) in [6.45, 7) is 4.62. The van der Waals surface area contributed by atoms with E-state index in [1.807, 2.05) is 0 Å². The molecule has 0 heteroatoms. The van der Waals surface area contributed by atoms with E-state index in [-0.39, 0.29) is 0 Å². The molecule has 0 bridgehead atoms. The molecule has 0 N–H and O–H groups in total. The van der Waals surface area contributed by atoms with Crippen LogP contribution in [0.2, 0.25) is 0 Å². The zero-order valence-electron chi connectivity index (χ0n) is 16.0. The second-order valence-electron chi connectivity index (χ2n) is 8.15. The highest BCUT2D eigenvalue weighted by atomic mass is 14.2. The van der Waals surface area contributed by atoms with Crippen molar-refractivity contribution in [2.24, 2.45) is 5.92 Å². The fourth-order valence-electron chi connectivity index (χ4n) is 4.61. The van der Waals surface area contributed by atoms with Gasteiger partial charge < -0.3 is 0 Å².